The SMILES string of the molecule is CC(NC(=O)C1CCCO1)c1nc2ccccc2n1CCCOc1ccc(Cl)cc1. The van der Waals surface area contributed by atoms with Crippen LogP contribution in [0, 0.1) is 0 Å². The van der Waals surface area contributed by atoms with Crippen molar-refractivity contribution in [3.05, 3.63) is 59.4 Å². The van der Waals surface area contributed by atoms with Gasteiger partial charge in [-0.15, -0.1) is 0 Å². The first-order valence-corrected chi connectivity index (χ1v) is 10.7. The number of nitrogens with zero attached hydrogens (tertiary/aromatic N) is 2. The summed E-state index contributed by atoms with van der Waals surface area (Å²) in [7, 11) is 0. The van der Waals surface area contributed by atoms with E-state index in [1.807, 2.05) is 49.4 Å². The number of carbonyl (C=O) groups is 1. The van der Waals surface area contributed by atoms with Crippen LogP contribution in [-0.2, 0) is 16.1 Å². The van der Waals surface area contributed by atoms with Gasteiger partial charge in [-0.3, -0.25) is 4.79 Å². The number of benzene rings is 2. The van der Waals surface area contributed by atoms with Crippen LogP contribution in [0.3, 0.4) is 0 Å². The van der Waals surface area contributed by atoms with Crippen LogP contribution in [0.5, 0.6) is 5.75 Å². The molecule has 4 rings (SSSR count). The minimum Gasteiger partial charge on any atom is -0.494 e. The number of ether oxygens (including phenoxy) is 2. The van der Waals surface area contributed by atoms with E-state index in [2.05, 4.69) is 16.0 Å². The number of aryl methyl sites for hydroxylation is 1. The molecule has 1 aromatic heterocycles. The Balaban J connectivity index is 1.44. The van der Waals surface area contributed by atoms with E-state index in [0.29, 0.717) is 18.2 Å². The third-order valence-electron chi connectivity index (χ3n) is 5.26. The zero-order chi connectivity index (χ0) is 20.9. The van der Waals surface area contributed by atoms with Gasteiger partial charge in [0.2, 0.25) is 5.91 Å². The van der Waals surface area contributed by atoms with Crippen molar-refractivity contribution in [1.29, 1.82) is 0 Å². The summed E-state index contributed by atoms with van der Waals surface area (Å²) >= 11 is 5.92. The van der Waals surface area contributed by atoms with E-state index >= 15 is 0 Å². The van der Waals surface area contributed by atoms with E-state index < -0.39 is 0 Å². The first-order valence-electron chi connectivity index (χ1n) is 10.4. The fourth-order valence-electron chi connectivity index (χ4n) is 3.76. The number of hydrogen-bond donors (Lipinski definition) is 1. The average Bonchev–Trinajstić information content (AvgIpc) is 3.41. The largest absolute Gasteiger partial charge is 0.494 e. The third kappa shape index (κ3) is 4.77. The van der Waals surface area contributed by atoms with Crippen LogP contribution in [0.1, 0.15) is 38.1 Å². The number of nitrogens with one attached hydrogen (secondary N) is 1. The fraction of sp³-hybridized carbons (Fsp3) is 0.391. The van der Waals surface area contributed by atoms with Gasteiger partial charge in [0.1, 0.15) is 17.7 Å². The summed E-state index contributed by atoms with van der Waals surface area (Å²) in [5.74, 6) is 1.58. The zero-order valence-corrected chi connectivity index (χ0v) is 17.8. The molecule has 1 aliphatic heterocycles. The van der Waals surface area contributed by atoms with Gasteiger partial charge in [0, 0.05) is 18.2 Å². The van der Waals surface area contributed by atoms with Crippen molar-refractivity contribution in [2.75, 3.05) is 13.2 Å². The van der Waals surface area contributed by atoms with Crippen LogP contribution in [0.15, 0.2) is 48.5 Å². The van der Waals surface area contributed by atoms with Gasteiger partial charge in [-0.25, -0.2) is 4.98 Å². The van der Waals surface area contributed by atoms with Crippen molar-refractivity contribution in [2.24, 2.45) is 0 Å². The molecule has 0 aliphatic carbocycles. The lowest BCUT2D eigenvalue weighted by atomic mass is 10.2. The Hall–Kier alpha value is -2.57. The summed E-state index contributed by atoms with van der Waals surface area (Å²) in [5, 5.41) is 3.76. The maximum atomic E-state index is 12.5. The molecule has 3 aromatic rings. The highest BCUT2D eigenvalue weighted by Crippen LogP contribution is 2.23. The standard InChI is InChI=1S/C23H26ClN3O3/c1-16(25-23(28)21-8-4-14-30-21)22-26-19-6-2-3-7-20(19)27(22)13-5-15-29-18-11-9-17(24)10-12-18/h2-3,6-7,9-12,16,21H,4-5,8,13-15H2,1H3,(H,25,28). The third-order valence-corrected chi connectivity index (χ3v) is 5.51. The molecule has 7 heteroatoms. The number of rotatable bonds is 8. The number of halogens is 1. The van der Waals surface area contributed by atoms with Gasteiger partial charge in [-0.1, -0.05) is 23.7 Å². The molecule has 1 aliphatic rings. The summed E-state index contributed by atoms with van der Waals surface area (Å²) in [6.45, 7) is 3.93. The van der Waals surface area contributed by atoms with E-state index in [1.54, 1.807) is 0 Å². The highest BCUT2D eigenvalue weighted by atomic mass is 35.5. The Morgan fingerprint density at radius 1 is 1.30 bits per heavy atom. The van der Waals surface area contributed by atoms with Crippen molar-refractivity contribution in [3.63, 3.8) is 0 Å². The van der Waals surface area contributed by atoms with Crippen LogP contribution >= 0.6 is 11.6 Å². The summed E-state index contributed by atoms with van der Waals surface area (Å²) in [6.07, 6.45) is 2.16. The number of aromatic nitrogens is 2. The van der Waals surface area contributed by atoms with Crippen LogP contribution in [0.2, 0.25) is 5.02 Å². The predicted molar refractivity (Wildman–Crippen MR) is 117 cm³/mol. The monoisotopic (exact) mass is 427 g/mol. The summed E-state index contributed by atoms with van der Waals surface area (Å²) in [4.78, 5) is 17.3. The Kier molecular flexibility index (Phi) is 6.55. The van der Waals surface area contributed by atoms with E-state index in [0.717, 1.165) is 48.4 Å². The number of hydrogen-bond acceptors (Lipinski definition) is 4. The molecule has 0 bridgehead atoms. The van der Waals surface area contributed by atoms with E-state index in [-0.39, 0.29) is 18.1 Å². The maximum absolute atomic E-state index is 12.5. The summed E-state index contributed by atoms with van der Waals surface area (Å²) in [5.41, 5.74) is 1.97. The smallest absolute Gasteiger partial charge is 0.249 e. The van der Waals surface area contributed by atoms with Gasteiger partial charge in [0.15, 0.2) is 0 Å². The van der Waals surface area contributed by atoms with Gasteiger partial charge < -0.3 is 19.4 Å². The first kappa shape index (κ1) is 20.7. The fourth-order valence-corrected chi connectivity index (χ4v) is 3.88. The minimum absolute atomic E-state index is 0.0651. The normalized spacial score (nSPS) is 17.2. The molecule has 158 valence electrons. The molecule has 1 amide bonds. The van der Waals surface area contributed by atoms with E-state index in [1.165, 1.54) is 0 Å². The van der Waals surface area contributed by atoms with Gasteiger partial charge in [0.25, 0.3) is 0 Å². The van der Waals surface area contributed by atoms with Crippen LogP contribution < -0.4 is 10.1 Å². The highest BCUT2D eigenvalue weighted by Gasteiger charge is 2.26. The van der Waals surface area contributed by atoms with Gasteiger partial charge in [-0.05, 0) is 62.6 Å². The van der Waals surface area contributed by atoms with Crippen molar-refractivity contribution >= 4 is 28.5 Å². The van der Waals surface area contributed by atoms with E-state index in [9.17, 15) is 4.79 Å². The molecule has 2 atom stereocenters. The van der Waals surface area contributed by atoms with Crippen molar-refractivity contribution in [2.45, 2.75) is 44.9 Å². The van der Waals surface area contributed by atoms with Crippen LogP contribution in [-0.4, -0.2) is 34.8 Å². The van der Waals surface area contributed by atoms with Crippen molar-refractivity contribution in [1.82, 2.24) is 14.9 Å². The molecule has 1 fully saturated rings. The van der Waals surface area contributed by atoms with Gasteiger partial charge >= 0.3 is 0 Å². The molecule has 0 radical (unpaired) electrons. The quantitative estimate of drug-likeness (QED) is 0.537. The minimum atomic E-state index is -0.349. The second-order valence-corrected chi connectivity index (χ2v) is 7.93. The van der Waals surface area contributed by atoms with Gasteiger partial charge in [0.05, 0.1) is 23.7 Å². The molecule has 0 spiro atoms. The van der Waals surface area contributed by atoms with Gasteiger partial charge in [-0.2, -0.15) is 0 Å². The zero-order valence-electron chi connectivity index (χ0n) is 17.0. The Labute approximate surface area is 181 Å². The summed E-state index contributed by atoms with van der Waals surface area (Å²) < 4.78 is 13.5. The topological polar surface area (TPSA) is 65.4 Å². The lowest BCUT2D eigenvalue weighted by molar-refractivity contribution is -0.130. The molecule has 30 heavy (non-hydrogen) atoms. The number of fused-ring (bicyclic) bond motifs is 1. The molecule has 6 nitrogen and oxygen atoms in total. The number of imidazole rings is 1. The molecule has 2 unspecified atom stereocenters. The molecule has 0 saturated carbocycles. The Morgan fingerprint density at radius 2 is 2.10 bits per heavy atom. The Bertz CT molecular complexity index is 997. The summed E-state index contributed by atoms with van der Waals surface area (Å²) in [6, 6.07) is 15.2. The van der Waals surface area contributed by atoms with E-state index in [4.69, 9.17) is 26.1 Å². The number of amides is 1. The lowest BCUT2D eigenvalue weighted by Gasteiger charge is -2.18. The predicted octanol–water partition coefficient (Wildman–Crippen LogP) is 4.52. The maximum Gasteiger partial charge on any atom is 0.249 e. The second kappa shape index (κ2) is 9.49. The number of carbonyl (C=O) groups excluding carboxylic acids is 1. The van der Waals surface area contributed by atoms with Crippen molar-refractivity contribution in [3.8, 4) is 5.75 Å². The Morgan fingerprint density at radius 3 is 2.87 bits per heavy atom. The lowest BCUT2D eigenvalue weighted by Crippen LogP contribution is -2.36. The number of para-hydroxylation sites is 2. The van der Waals surface area contributed by atoms with Crippen molar-refractivity contribution < 1.29 is 14.3 Å². The molecule has 2 aromatic carbocycles. The molecular weight excluding hydrogens is 402 g/mol. The molecule has 1 saturated heterocycles. The second-order valence-electron chi connectivity index (χ2n) is 7.50. The molecule has 2 heterocycles. The average molecular weight is 428 g/mol. The highest BCUT2D eigenvalue weighted by molar-refractivity contribution is 6.30. The first-order chi connectivity index (χ1) is 14.6. The molecule has 1 N–H and O–H groups in total. The van der Waals surface area contributed by atoms with Crippen LogP contribution in [0.4, 0.5) is 0 Å². The van der Waals surface area contributed by atoms with Crippen LogP contribution in [0.25, 0.3) is 11.0 Å². The molecular formula is C23H26ClN3O3.